The smallest absolute Gasteiger partial charge is 0.137 e. The lowest BCUT2D eigenvalue weighted by Gasteiger charge is -2.04. The molecule has 0 aliphatic rings. The molecule has 0 aliphatic heterocycles. The minimum Gasteiger partial charge on any atom is -0.192 e. The van der Waals surface area contributed by atoms with E-state index >= 15 is 0 Å². The molecule has 0 fully saturated rings. The number of hydrogen-bond donors (Lipinski definition) is 0. The van der Waals surface area contributed by atoms with Crippen molar-refractivity contribution in [3.05, 3.63) is 47.5 Å². The number of nitrogens with zero attached hydrogens (tertiary/aromatic N) is 2. The van der Waals surface area contributed by atoms with Gasteiger partial charge in [-0.2, -0.15) is 10.5 Å². The zero-order valence-corrected chi connectivity index (χ0v) is 10.4. The van der Waals surface area contributed by atoms with Crippen LogP contribution in [0, 0.1) is 22.7 Å². The molecular formula is C13H13N2OS+. The predicted octanol–water partition coefficient (Wildman–Crippen LogP) is 2.29. The second kappa shape index (κ2) is 5.98. The third-order valence-corrected chi connectivity index (χ3v) is 4.01. The van der Waals surface area contributed by atoms with E-state index in [0.29, 0.717) is 5.75 Å². The fourth-order valence-corrected chi connectivity index (χ4v) is 2.90. The summed E-state index contributed by atoms with van der Waals surface area (Å²) in [4.78, 5) is 0. The standard InChI is InChI=1S/C13H13N2OS/c1-17(16,8-7-13(9-14)10-15)11-12-5-3-2-4-6-12/h2-7H,8,11H2,1H3/q+1. The summed E-state index contributed by atoms with van der Waals surface area (Å²) in [5.74, 6) is 0.729. The molecule has 0 aliphatic carbocycles. The summed E-state index contributed by atoms with van der Waals surface area (Å²) in [7, 11) is -2.08. The van der Waals surface area contributed by atoms with Crippen molar-refractivity contribution in [2.75, 3.05) is 12.0 Å². The van der Waals surface area contributed by atoms with Crippen molar-refractivity contribution in [1.82, 2.24) is 0 Å². The van der Waals surface area contributed by atoms with Gasteiger partial charge in [0.05, 0.1) is 9.93 Å². The first kappa shape index (κ1) is 13.2. The van der Waals surface area contributed by atoms with Crippen LogP contribution in [-0.4, -0.2) is 12.0 Å². The van der Waals surface area contributed by atoms with Crippen LogP contribution in [0.25, 0.3) is 0 Å². The van der Waals surface area contributed by atoms with Gasteiger partial charge in [0.1, 0.15) is 35.5 Å². The predicted molar refractivity (Wildman–Crippen MR) is 68.3 cm³/mol. The summed E-state index contributed by atoms with van der Waals surface area (Å²) in [5, 5.41) is 17.2. The van der Waals surface area contributed by atoms with Gasteiger partial charge in [-0.3, -0.25) is 0 Å². The maximum atomic E-state index is 12.2. The summed E-state index contributed by atoms with van der Waals surface area (Å²) in [6, 6.07) is 13.1. The second-order valence-corrected chi connectivity index (χ2v) is 6.81. The van der Waals surface area contributed by atoms with Gasteiger partial charge in [0.25, 0.3) is 0 Å². The fourth-order valence-electron chi connectivity index (χ4n) is 1.36. The Hall–Kier alpha value is -1.91. The van der Waals surface area contributed by atoms with E-state index in [9.17, 15) is 4.21 Å². The van der Waals surface area contributed by atoms with Gasteiger partial charge in [-0.05, 0) is 6.08 Å². The maximum absolute atomic E-state index is 12.2. The Kier molecular flexibility index (Phi) is 4.63. The van der Waals surface area contributed by atoms with E-state index in [-0.39, 0.29) is 11.3 Å². The molecule has 1 rings (SSSR count). The quantitative estimate of drug-likeness (QED) is 0.604. The highest BCUT2D eigenvalue weighted by atomic mass is 32.2. The van der Waals surface area contributed by atoms with Crippen LogP contribution in [0.5, 0.6) is 0 Å². The lowest BCUT2D eigenvalue weighted by molar-refractivity contribution is 0.589. The highest BCUT2D eigenvalue weighted by Crippen LogP contribution is 2.12. The Labute approximate surface area is 102 Å². The molecule has 86 valence electrons. The first-order valence-electron chi connectivity index (χ1n) is 5.06. The van der Waals surface area contributed by atoms with E-state index < -0.39 is 9.93 Å². The van der Waals surface area contributed by atoms with Crippen LogP contribution in [-0.2, 0) is 19.9 Å². The Balaban J connectivity index is 2.72. The first-order valence-corrected chi connectivity index (χ1v) is 7.37. The highest BCUT2D eigenvalue weighted by molar-refractivity contribution is 8.01. The summed E-state index contributed by atoms with van der Waals surface area (Å²) in [5.41, 5.74) is 1.02. The summed E-state index contributed by atoms with van der Waals surface area (Å²) in [6.07, 6.45) is 3.12. The number of nitriles is 2. The minimum atomic E-state index is -2.08. The van der Waals surface area contributed by atoms with Crippen molar-refractivity contribution in [1.29, 1.82) is 10.5 Å². The summed E-state index contributed by atoms with van der Waals surface area (Å²) >= 11 is 0. The molecular weight excluding hydrogens is 232 g/mol. The Bertz CT molecular complexity index is 519. The first-order chi connectivity index (χ1) is 8.07. The van der Waals surface area contributed by atoms with Crippen molar-refractivity contribution < 1.29 is 4.21 Å². The molecule has 1 atom stereocenters. The van der Waals surface area contributed by atoms with Crippen LogP contribution in [0.2, 0.25) is 0 Å². The molecule has 1 aromatic rings. The molecule has 4 heteroatoms. The van der Waals surface area contributed by atoms with Gasteiger partial charge in [0, 0.05) is 5.56 Å². The van der Waals surface area contributed by atoms with Gasteiger partial charge in [-0.25, -0.2) is 0 Å². The van der Waals surface area contributed by atoms with Gasteiger partial charge in [0.2, 0.25) is 0 Å². The van der Waals surface area contributed by atoms with Crippen LogP contribution >= 0.6 is 0 Å². The maximum Gasteiger partial charge on any atom is 0.137 e. The molecule has 0 saturated carbocycles. The molecule has 3 nitrogen and oxygen atoms in total. The van der Waals surface area contributed by atoms with Gasteiger partial charge in [-0.1, -0.05) is 30.3 Å². The zero-order chi connectivity index (χ0) is 12.7. The van der Waals surface area contributed by atoms with Crippen molar-refractivity contribution in [2.45, 2.75) is 5.75 Å². The fraction of sp³-hybridized carbons (Fsp3) is 0.231. The Morgan fingerprint density at radius 3 is 2.41 bits per heavy atom. The van der Waals surface area contributed by atoms with E-state index in [2.05, 4.69) is 0 Å². The summed E-state index contributed by atoms with van der Waals surface area (Å²) < 4.78 is 12.2. The number of benzene rings is 1. The molecule has 0 N–H and O–H groups in total. The Morgan fingerprint density at radius 1 is 1.29 bits per heavy atom. The highest BCUT2D eigenvalue weighted by Gasteiger charge is 2.20. The molecule has 17 heavy (non-hydrogen) atoms. The Morgan fingerprint density at radius 2 is 1.88 bits per heavy atom. The van der Waals surface area contributed by atoms with E-state index in [1.165, 1.54) is 6.08 Å². The van der Waals surface area contributed by atoms with Crippen molar-refractivity contribution in [2.24, 2.45) is 0 Å². The molecule has 0 amide bonds. The van der Waals surface area contributed by atoms with Crippen LogP contribution in [0.4, 0.5) is 0 Å². The third kappa shape index (κ3) is 4.63. The van der Waals surface area contributed by atoms with Crippen LogP contribution in [0.15, 0.2) is 42.0 Å². The number of hydrogen-bond acceptors (Lipinski definition) is 3. The van der Waals surface area contributed by atoms with Gasteiger partial charge in [0.15, 0.2) is 0 Å². The SMILES string of the molecule is C[S+](=O)(CC=C(C#N)C#N)Cc1ccccc1. The van der Waals surface area contributed by atoms with Crippen LogP contribution in [0.3, 0.4) is 0 Å². The number of rotatable bonds is 4. The van der Waals surface area contributed by atoms with E-state index in [4.69, 9.17) is 10.5 Å². The topological polar surface area (TPSA) is 64.7 Å². The van der Waals surface area contributed by atoms with Crippen LogP contribution < -0.4 is 0 Å². The molecule has 0 aromatic heterocycles. The van der Waals surface area contributed by atoms with Gasteiger partial charge >= 0.3 is 0 Å². The van der Waals surface area contributed by atoms with Gasteiger partial charge in [-0.15, -0.1) is 4.21 Å². The monoisotopic (exact) mass is 245 g/mol. The molecule has 0 bridgehead atoms. The second-order valence-electron chi connectivity index (χ2n) is 3.82. The molecule has 0 radical (unpaired) electrons. The lowest BCUT2D eigenvalue weighted by Crippen LogP contribution is -2.15. The van der Waals surface area contributed by atoms with Crippen molar-refractivity contribution in [3.63, 3.8) is 0 Å². The average molecular weight is 245 g/mol. The lowest BCUT2D eigenvalue weighted by atomic mass is 10.2. The minimum absolute atomic E-state index is 0.0210. The molecule has 1 unspecified atom stereocenters. The van der Waals surface area contributed by atoms with Crippen LogP contribution in [0.1, 0.15) is 5.56 Å². The largest absolute Gasteiger partial charge is 0.192 e. The zero-order valence-electron chi connectivity index (χ0n) is 9.59. The summed E-state index contributed by atoms with van der Waals surface area (Å²) in [6.45, 7) is 0. The molecule has 0 spiro atoms. The van der Waals surface area contributed by atoms with E-state index in [1.54, 1.807) is 18.4 Å². The molecule has 0 saturated heterocycles. The average Bonchev–Trinajstić information content (AvgIpc) is 2.31. The third-order valence-electron chi connectivity index (χ3n) is 2.20. The van der Waals surface area contributed by atoms with E-state index in [1.807, 2.05) is 30.3 Å². The van der Waals surface area contributed by atoms with E-state index in [0.717, 1.165) is 5.56 Å². The van der Waals surface area contributed by atoms with Crippen molar-refractivity contribution >= 4 is 9.93 Å². The van der Waals surface area contributed by atoms with Crippen molar-refractivity contribution in [3.8, 4) is 12.1 Å². The molecule has 0 heterocycles. The number of allylic oxidation sites excluding steroid dienone is 1. The normalized spacial score (nSPS) is 12.9. The molecule has 1 aromatic carbocycles. The van der Waals surface area contributed by atoms with Gasteiger partial charge < -0.3 is 0 Å².